The van der Waals surface area contributed by atoms with E-state index in [1.165, 1.54) is 22.7 Å². The number of aromatic nitrogens is 3. The molecule has 0 bridgehead atoms. The monoisotopic (exact) mass is 663 g/mol. The number of anilines is 2. The molecule has 3 aromatic heterocycles. The van der Waals surface area contributed by atoms with E-state index in [4.69, 9.17) is 9.47 Å². The van der Waals surface area contributed by atoms with Crippen LogP contribution in [0.25, 0.3) is 21.3 Å². The second kappa shape index (κ2) is 13.6. The number of aryl methyl sites for hydroxylation is 1. The van der Waals surface area contributed by atoms with Gasteiger partial charge in [-0.25, -0.2) is 9.78 Å². The van der Waals surface area contributed by atoms with Crippen LogP contribution < -0.4 is 19.7 Å². The van der Waals surface area contributed by atoms with Gasteiger partial charge >= 0.3 is 6.16 Å². The van der Waals surface area contributed by atoms with Crippen molar-refractivity contribution in [2.24, 2.45) is 0 Å². The number of carboxylic acid groups (broad SMARTS) is 1. The van der Waals surface area contributed by atoms with E-state index in [1.54, 1.807) is 6.20 Å². The second-order valence-electron chi connectivity index (χ2n) is 10.9. The van der Waals surface area contributed by atoms with E-state index in [-0.39, 0.29) is 11.8 Å². The molecular weight excluding hydrogens is 635 g/mol. The molecule has 1 aliphatic heterocycles. The fourth-order valence-electron chi connectivity index (χ4n) is 5.53. The van der Waals surface area contributed by atoms with Gasteiger partial charge in [-0.3, -0.25) is 15.1 Å². The molecular formula is C35H29N5O5S2. The maximum atomic E-state index is 13.4. The summed E-state index contributed by atoms with van der Waals surface area (Å²) in [6.07, 6.45) is 4.05. The molecule has 3 aromatic carbocycles. The fourth-order valence-corrected chi connectivity index (χ4v) is 7.44. The van der Waals surface area contributed by atoms with Crippen molar-refractivity contribution in [2.75, 3.05) is 23.4 Å². The lowest BCUT2D eigenvalue weighted by Gasteiger charge is -2.29. The lowest BCUT2D eigenvalue weighted by atomic mass is 9.94. The second-order valence-corrected chi connectivity index (χ2v) is 13.0. The number of amides is 1. The van der Waals surface area contributed by atoms with Crippen LogP contribution in [0.5, 0.6) is 11.6 Å². The Morgan fingerprint density at radius 3 is 2.62 bits per heavy atom. The maximum Gasteiger partial charge on any atom is 0.512 e. The summed E-state index contributed by atoms with van der Waals surface area (Å²) < 4.78 is 12.0. The molecule has 10 nitrogen and oxygen atoms in total. The van der Waals surface area contributed by atoms with Crippen LogP contribution in [-0.2, 0) is 19.4 Å². The van der Waals surface area contributed by atoms with Crippen molar-refractivity contribution in [2.45, 2.75) is 25.8 Å². The van der Waals surface area contributed by atoms with Crippen LogP contribution in [0.15, 0.2) is 91.3 Å². The van der Waals surface area contributed by atoms with Gasteiger partial charge in [-0.15, -0.1) is 0 Å². The van der Waals surface area contributed by atoms with Gasteiger partial charge in [0.25, 0.3) is 5.91 Å². The number of hydrogen-bond acceptors (Lipinski definition) is 10. The number of nitrogens with zero attached hydrogens (tertiary/aromatic N) is 4. The number of ether oxygens (including phenoxy) is 2. The quantitative estimate of drug-likeness (QED) is 0.112. The highest BCUT2D eigenvalue weighted by molar-refractivity contribution is 7.22. The minimum atomic E-state index is -1.41. The van der Waals surface area contributed by atoms with Gasteiger partial charge in [0.15, 0.2) is 10.3 Å². The number of fused-ring (bicyclic) bond motifs is 2. The number of carbonyl (C=O) groups is 2. The lowest BCUT2D eigenvalue weighted by molar-refractivity contribution is 0.102. The molecule has 7 rings (SSSR count). The number of rotatable bonds is 10. The molecule has 0 aliphatic carbocycles. The van der Waals surface area contributed by atoms with Gasteiger partial charge < -0.3 is 19.5 Å². The van der Waals surface area contributed by atoms with E-state index in [0.29, 0.717) is 48.4 Å². The van der Waals surface area contributed by atoms with Gasteiger partial charge in [0.2, 0.25) is 5.88 Å². The normalized spacial score (nSPS) is 12.5. The Morgan fingerprint density at radius 1 is 0.936 bits per heavy atom. The molecule has 0 atom stereocenters. The molecule has 0 saturated heterocycles. The summed E-state index contributed by atoms with van der Waals surface area (Å²) in [7, 11) is 0. The average Bonchev–Trinajstić information content (AvgIpc) is 3.69. The molecule has 0 saturated carbocycles. The largest absolute Gasteiger partial charge is 0.512 e. The van der Waals surface area contributed by atoms with E-state index in [0.717, 1.165) is 49.5 Å². The van der Waals surface area contributed by atoms with Gasteiger partial charge in [-0.05, 0) is 77.9 Å². The minimum absolute atomic E-state index is 0.0889. The molecule has 2 N–H and O–H groups in total. The molecule has 12 heteroatoms. The summed E-state index contributed by atoms with van der Waals surface area (Å²) in [5.74, 6) is 0.620. The zero-order valence-electron chi connectivity index (χ0n) is 25.1. The van der Waals surface area contributed by atoms with Crippen molar-refractivity contribution >= 4 is 55.2 Å². The summed E-state index contributed by atoms with van der Waals surface area (Å²) in [5.41, 5.74) is 5.53. The van der Waals surface area contributed by atoms with Gasteiger partial charge in [0, 0.05) is 31.0 Å². The summed E-state index contributed by atoms with van der Waals surface area (Å²) in [6, 6.07) is 25.3. The Hall–Kier alpha value is -5.33. The topological polar surface area (TPSA) is 127 Å². The Labute approximate surface area is 278 Å². The van der Waals surface area contributed by atoms with Crippen molar-refractivity contribution in [3.05, 3.63) is 113 Å². The maximum absolute atomic E-state index is 13.4. The van der Waals surface area contributed by atoms with Crippen molar-refractivity contribution in [3.63, 3.8) is 0 Å². The Kier molecular flexibility index (Phi) is 8.76. The van der Waals surface area contributed by atoms with Gasteiger partial charge in [0.1, 0.15) is 5.75 Å². The standard InChI is InChI=1S/C35H29N5O5S2/c41-31(38-33-37-28-9-1-2-10-29(28)46-33)26-8-3-6-23-16-18-40(21-27(23)26)34-39-32(45-35(42)43)30(47-34)11-5-19-44-25-14-12-22(13-15-25)24-7-4-17-36-20-24/h1-4,6-10,12-15,17,20H,5,11,16,18-19,21H2,(H,42,43)(H,37,38,41). The van der Waals surface area contributed by atoms with E-state index in [9.17, 15) is 14.7 Å². The number of pyridine rings is 1. The van der Waals surface area contributed by atoms with Crippen molar-refractivity contribution in [1.29, 1.82) is 0 Å². The third kappa shape index (κ3) is 6.93. The summed E-state index contributed by atoms with van der Waals surface area (Å²) in [6.45, 7) is 1.57. The Balaban J connectivity index is 1.02. The molecule has 0 unspecified atom stereocenters. The molecule has 0 radical (unpaired) electrons. The number of hydrogen-bond donors (Lipinski definition) is 2. The van der Waals surface area contributed by atoms with Crippen molar-refractivity contribution < 1.29 is 24.2 Å². The first-order chi connectivity index (χ1) is 23.0. The molecule has 1 amide bonds. The van der Waals surface area contributed by atoms with E-state index in [1.807, 2.05) is 85.1 Å². The first kappa shape index (κ1) is 30.3. The number of benzene rings is 3. The van der Waals surface area contributed by atoms with E-state index < -0.39 is 6.16 Å². The zero-order chi connectivity index (χ0) is 32.2. The molecule has 6 aromatic rings. The number of nitrogens with one attached hydrogen (secondary N) is 1. The van der Waals surface area contributed by atoms with Crippen LogP contribution in [0.3, 0.4) is 0 Å². The summed E-state index contributed by atoms with van der Waals surface area (Å²) in [4.78, 5) is 41.0. The molecule has 236 valence electrons. The third-order valence-electron chi connectivity index (χ3n) is 7.80. The predicted molar refractivity (Wildman–Crippen MR) is 183 cm³/mol. The lowest BCUT2D eigenvalue weighted by Crippen LogP contribution is -2.32. The molecule has 4 heterocycles. The van der Waals surface area contributed by atoms with Gasteiger partial charge in [-0.1, -0.05) is 65.1 Å². The van der Waals surface area contributed by atoms with Crippen LogP contribution in [0.1, 0.15) is 32.8 Å². The molecule has 1 aliphatic rings. The molecule has 0 fully saturated rings. The number of carbonyl (C=O) groups excluding carboxylic acids is 1. The zero-order valence-corrected chi connectivity index (χ0v) is 26.7. The Morgan fingerprint density at radius 2 is 1.81 bits per heavy atom. The fraction of sp³-hybridized carbons (Fsp3) is 0.171. The van der Waals surface area contributed by atoms with Crippen LogP contribution in [0.4, 0.5) is 15.1 Å². The predicted octanol–water partition coefficient (Wildman–Crippen LogP) is 7.70. The minimum Gasteiger partial charge on any atom is -0.494 e. The Bertz CT molecular complexity index is 2010. The van der Waals surface area contributed by atoms with E-state index >= 15 is 0 Å². The number of para-hydroxylation sites is 1. The van der Waals surface area contributed by atoms with Gasteiger partial charge in [-0.2, -0.15) is 4.98 Å². The molecule has 0 spiro atoms. The summed E-state index contributed by atoms with van der Waals surface area (Å²) in [5, 5.41) is 13.6. The van der Waals surface area contributed by atoms with E-state index in [2.05, 4.69) is 25.2 Å². The van der Waals surface area contributed by atoms with Crippen LogP contribution in [0.2, 0.25) is 0 Å². The molecule has 47 heavy (non-hydrogen) atoms. The van der Waals surface area contributed by atoms with Crippen molar-refractivity contribution in [1.82, 2.24) is 15.0 Å². The smallest absolute Gasteiger partial charge is 0.494 e. The van der Waals surface area contributed by atoms with Crippen molar-refractivity contribution in [3.8, 4) is 22.8 Å². The highest BCUT2D eigenvalue weighted by Gasteiger charge is 2.26. The van der Waals surface area contributed by atoms with Crippen LogP contribution in [0, 0.1) is 0 Å². The SMILES string of the molecule is O=C(O)Oc1nc(N2CCc3cccc(C(=O)Nc4nc5ccccc5s4)c3C2)sc1CCCOc1ccc(-c2cccnc2)cc1. The third-order valence-corrected chi connectivity index (χ3v) is 9.91. The summed E-state index contributed by atoms with van der Waals surface area (Å²) >= 11 is 2.84. The number of thiazole rings is 2. The first-order valence-electron chi connectivity index (χ1n) is 15.1. The highest BCUT2D eigenvalue weighted by atomic mass is 32.1. The van der Waals surface area contributed by atoms with Crippen LogP contribution in [-0.4, -0.2) is 45.3 Å². The van der Waals surface area contributed by atoms with Gasteiger partial charge in [0.05, 0.1) is 21.7 Å². The first-order valence-corrected chi connectivity index (χ1v) is 16.7. The highest BCUT2D eigenvalue weighted by Crippen LogP contribution is 2.36. The average molecular weight is 664 g/mol. The van der Waals surface area contributed by atoms with Crippen LogP contribution >= 0.6 is 22.7 Å².